The molecule has 0 aliphatic heterocycles. The van der Waals surface area contributed by atoms with Gasteiger partial charge in [-0.2, -0.15) is 0 Å². The lowest BCUT2D eigenvalue weighted by Gasteiger charge is -2.10. The van der Waals surface area contributed by atoms with Crippen LogP contribution in [0.15, 0.2) is 18.2 Å². The molecule has 0 radical (unpaired) electrons. The molecule has 0 bridgehead atoms. The Morgan fingerprint density at radius 1 is 1.21 bits per heavy atom. The molecule has 1 aromatic rings. The summed E-state index contributed by atoms with van der Waals surface area (Å²) in [5, 5.41) is 0.792. The fourth-order valence-corrected chi connectivity index (χ4v) is 1.39. The number of halogens is 1. The third-order valence-electron chi connectivity index (χ3n) is 1.71. The van der Waals surface area contributed by atoms with Gasteiger partial charge in [-0.05, 0) is 17.7 Å². The van der Waals surface area contributed by atoms with Gasteiger partial charge in [0.25, 0.3) is 0 Å². The predicted molar refractivity (Wildman–Crippen MR) is 58.1 cm³/mol. The summed E-state index contributed by atoms with van der Waals surface area (Å²) in [5.41, 5.74) is 1.14. The first kappa shape index (κ1) is 11.3. The highest BCUT2D eigenvalue weighted by Crippen LogP contribution is 2.28. The van der Waals surface area contributed by atoms with Gasteiger partial charge in [0.15, 0.2) is 18.3 Å². The van der Waals surface area contributed by atoms with Crippen LogP contribution in [0.1, 0.15) is 5.56 Å². The van der Waals surface area contributed by atoms with Gasteiger partial charge >= 0.3 is 0 Å². The molecule has 0 saturated carbocycles. The molecule has 0 aliphatic rings. The molecule has 0 fully saturated rings. The minimum absolute atomic E-state index is 0.224. The minimum atomic E-state index is 0.224. The molecule has 0 aromatic heterocycles. The molecule has 0 N–H and O–H groups in total. The molecule has 0 atom stereocenters. The summed E-state index contributed by atoms with van der Waals surface area (Å²) in [7, 11) is 3.20. The van der Waals surface area contributed by atoms with Crippen molar-refractivity contribution < 1.29 is 14.2 Å². The second-order valence-corrected chi connectivity index (χ2v) is 3.23. The van der Waals surface area contributed by atoms with Gasteiger partial charge in [-0.15, -0.1) is 0 Å². The topological polar surface area (TPSA) is 27.7 Å². The molecule has 1 aromatic carbocycles. The van der Waals surface area contributed by atoms with Gasteiger partial charge in [-0.3, -0.25) is 0 Å². The largest absolute Gasteiger partial charge is 0.493 e. The van der Waals surface area contributed by atoms with E-state index in [-0.39, 0.29) is 6.79 Å². The summed E-state index contributed by atoms with van der Waals surface area (Å²) < 4.78 is 15.3. The average molecular weight is 261 g/mol. The summed E-state index contributed by atoms with van der Waals surface area (Å²) in [5.74, 6) is 1.41. The normalized spacial score (nSPS) is 9.93. The number of hydrogen-bond donors (Lipinski definition) is 0. The van der Waals surface area contributed by atoms with Crippen LogP contribution in [0, 0.1) is 0 Å². The van der Waals surface area contributed by atoms with Crippen LogP contribution in [0.5, 0.6) is 11.5 Å². The highest BCUT2D eigenvalue weighted by atomic mass is 79.9. The Morgan fingerprint density at radius 3 is 2.57 bits per heavy atom. The van der Waals surface area contributed by atoms with Crippen molar-refractivity contribution in [2.75, 3.05) is 21.0 Å². The molecule has 0 amide bonds. The van der Waals surface area contributed by atoms with Crippen LogP contribution in [0.2, 0.25) is 0 Å². The molecule has 0 aliphatic carbocycles. The zero-order valence-electron chi connectivity index (χ0n) is 8.25. The number of rotatable bonds is 5. The van der Waals surface area contributed by atoms with Crippen LogP contribution in [-0.2, 0) is 10.1 Å². The van der Waals surface area contributed by atoms with Crippen LogP contribution in [0.4, 0.5) is 0 Å². The van der Waals surface area contributed by atoms with Crippen molar-refractivity contribution in [3.05, 3.63) is 23.8 Å². The van der Waals surface area contributed by atoms with Crippen molar-refractivity contribution in [3.63, 3.8) is 0 Å². The van der Waals surface area contributed by atoms with Gasteiger partial charge in [0.1, 0.15) is 0 Å². The molecule has 3 nitrogen and oxygen atoms in total. The van der Waals surface area contributed by atoms with Crippen molar-refractivity contribution in [2.45, 2.75) is 5.33 Å². The summed E-state index contributed by atoms with van der Waals surface area (Å²) >= 11 is 3.38. The molecule has 0 heterocycles. The van der Waals surface area contributed by atoms with Crippen LogP contribution < -0.4 is 9.47 Å². The van der Waals surface area contributed by atoms with E-state index in [1.54, 1.807) is 14.2 Å². The molecule has 0 saturated heterocycles. The first-order chi connectivity index (χ1) is 6.81. The van der Waals surface area contributed by atoms with Crippen LogP contribution in [0.3, 0.4) is 0 Å². The van der Waals surface area contributed by atoms with E-state index in [0.717, 1.165) is 10.9 Å². The minimum Gasteiger partial charge on any atom is -0.493 e. The smallest absolute Gasteiger partial charge is 0.188 e. The van der Waals surface area contributed by atoms with E-state index >= 15 is 0 Å². The monoisotopic (exact) mass is 260 g/mol. The fourth-order valence-electron chi connectivity index (χ4n) is 1.04. The predicted octanol–water partition coefficient (Wildman–Crippen LogP) is 2.57. The maximum Gasteiger partial charge on any atom is 0.188 e. The van der Waals surface area contributed by atoms with Gasteiger partial charge < -0.3 is 14.2 Å². The summed E-state index contributed by atoms with van der Waals surface area (Å²) in [6, 6.07) is 5.78. The molecule has 78 valence electrons. The van der Waals surface area contributed by atoms with Gasteiger partial charge in [0.2, 0.25) is 0 Å². The van der Waals surface area contributed by atoms with E-state index in [9.17, 15) is 0 Å². The first-order valence-electron chi connectivity index (χ1n) is 4.16. The van der Waals surface area contributed by atoms with E-state index in [0.29, 0.717) is 11.5 Å². The van der Waals surface area contributed by atoms with E-state index in [2.05, 4.69) is 15.9 Å². The fraction of sp³-hybridized carbons (Fsp3) is 0.400. The van der Waals surface area contributed by atoms with Crippen LogP contribution >= 0.6 is 15.9 Å². The molecule has 1 rings (SSSR count). The lowest BCUT2D eigenvalue weighted by Crippen LogP contribution is -2.01. The first-order valence-corrected chi connectivity index (χ1v) is 5.28. The van der Waals surface area contributed by atoms with E-state index < -0.39 is 0 Å². The second kappa shape index (κ2) is 5.88. The Morgan fingerprint density at radius 2 is 2.00 bits per heavy atom. The average Bonchev–Trinajstić information content (AvgIpc) is 2.25. The van der Waals surface area contributed by atoms with Crippen LogP contribution in [-0.4, -0.2) is 21.0 Å². The van der Waals surface area contributed by atoms with Crippen molar-refractivity contribution in [2.24, 2.45) is 0 Å². The zero-order valence-corrected chi connectivity index (χ0v) is 9.83. The number of methoxy groups -OCH3 is 2. The lowest BCUT2D eigenvalue weighted by molar-refractivity contribution is 0.0491. The van der Waals surface area contributed by atoms with Crippen molar-refractivity contribution in [1.29, 1.82) is 0 Å². The van der Waals surface area contributed by atoms with Crippen molar-refractivity contribution >= 4 is 15.9 Å². The van der Waals surface area contributed by atoms with Gasteiger partial charge in [-0.1, -0.05) is 22.0 Å². The SMILES string of the molecule is COCOc1cc(CBr)ccc1OC. The zero-order chi connectivity index (χ0) is 10.4. The molecule has 0 spiro atoms. The Labute approximate surface area is 92.1 Å². The second-order valence-electron chi connectivity index (χ2n) is 2.67. The van der Waals surface area contributed by atoms with Crippen molar-refractivity contribution in [1.82, 2.24) is 0 Å². The highest BCUT2D eigenvalue weighted by Gasteiger charge is 2.04. The summed E-state index contributed by atoms with van der Waals surface area (Å²) in [4.78, 5) is 0. The number of ether oxygens (including phenoxy) is 3. The molecular formula is C10H13BrO3. The summed E-state index contributed by atoms with van der Waals surface area (Å²) in [6.07, 6.45) is 0. The summed E-state index contributed by atoms with van der Waals surface area (Å²) in [6.45, 7) is 0.224. The molecular weight excluding hydrogens is 248 g/mol. The quantitative estimate of drug-likeness (QED) is 0.602. The third kappa shape index (κ3) is 2.89. The lowest BCUT2D eigenvalue weighted by atomic mass is 10.2. The van der Waals surface area contributed by atoms with E-state index in [1.165, 1.54) is 0 Å². The van der Waals surface area contributed by atoms with Gasteiger partial charge in [0, 0.05) is 12.4 Å². The Bertz CT molecular complexity index is 289. The third-order valence-corrected chi connectivity index (χ3v) is 2.36. The number of benzene rings is 1. The van der Waals surface area contributed by atoms with Crippen molar-refractivity contribution in [3.8, 4) is 11.5 Å². The Hall–Kier alpha value is -0.740. The number of hydrogen-bond acceptors (Lipinski definition) is 3. The maximum atomic E-state index is 5.35. The molecule has 4 heteroatoms. The molecule has 0 unspecified atom stereocenters. The van der Waals surface area contributed by atoms with Gasteiger partial charge in [0.05, 0.1) is 7.11 Å². The van der Waals surface area contributed by atoms with E-state index in [4.69, 9.17) is 14.2 Å². The van der Waals surface area contributed by atoms with E-state index in [1.807, 2.05) is 18.2 Å². The maximum absolute atomic E-state index is 5.35. The van der Waals surface area contributed by atoms with Crippen LogP contribution in [0.25, 0.3) is 0 Å². The highest BCUT2D eigenvalue weighted by molar-refractivity contribution is 9.08. The standard InChI is InChI=1S/C10H13BrO3/c1-12-7-14-10-5-8(6-11)3-4-9(10)13-2/h3-5H,6-7H2,1-2H3. The molecule has 14 heavy (non-hydrogen) atoms. The Kier molecular flexibility index (Phi) is 4.76. The number of alkyl halides is 1. The van der Waals surface area contributed by atoms with Gasteiger partial charge in [-0.25, -0.2) is 0 Å². The Balaban J connectivity index is 2.84.